The molecule has 2 aromatic rings. The zero-order chi connectivity index (χ0) is 18.2. The van der Waals surface area contributed by atoms with E-state index in [4.69, 9.17) is 33.2 Å². The number of pyridine rings is 1. The first kappa shape index (κ1) is 19.1. The predicted octanol–water partition coefficient (Wildman–Crippen LogP) is 3.80. The molecule has 0 atom stereocenters. The average molecular weight is 396 g/mol. The lowest BCUT2D eigenvalue weighted by molar-refractivity contribution is -0.119. The highest BCUT2D eigenvalue weighted by Crippen LogP contribution is 2.26. The summed E-state index contributed by atoms with van der Waals surface area (Å²) in [6.07, 6.45) is 1.21. The Balaban J connectivity index is 1.93. The molecule has 0 aliphatic carbocycles. The summed E-state index contributed by atoms with van der Waals surface area (Å²) in [7, 11) is 0. The number of hydrogen-bond acceptors (Lipinski definition) is 6. The molecule has 6 nitrogen and oxygen atoms in total. The second-order valence-electron chi connectivity index (χ2n) is 4.56. The summed E-state index contributed by atoms with van der Waals surface area (Å²) in [5, 5.41) is 11.5. The molecule has 1 aromatic heterocycles. The third-order valence-electron chi connectivity index (χ3n) is 2.82. The number of nitrogens with zero attached hydrogens (tertiary/aromatic N) is 2. The lowest BCUT2D eigenvalue weighted by atomic mass is 10.3. The zero-order valence-electron chi connectivity index (χ0n) is 12.7. The van der Waals surface area contributed by atoms with Gasteiger partial charge < -0.3 is 10.1 Å². The number of carbonyl (C=O) groups is 2. The van der Waals surface area contributed by atoms with Crippen LogP contribution in [0.4, 0.5) is 5.69 Å². The second-order valence-corrected chi connectivity index (χ2v) is 6.35. The first-order valence-corrected chi connectivity index (χ1v) is 8.62. The van der Waals surface area contributed by atoms with Crippen molar-refractivity contribution in [3.63, 3.8) is 0 Å². The van der Waals surface area contributed by atoms with Crippen molar-refractivity contribution < 1.29 is 14.3 Å². The van der Waals surface area contributed by atoms with Gasteiger partial charge in [-0.2, -0.15) is 5.26 Å². The van der Waals surface area contributed by atoms with Crippen LogP contribution in [0.15, 0.2) is 41.4 Å². The summed E-state index contributed by atoms with van der Waals surface area (Å²) >= 11 is 12.7. The number of halogens is 2. The lowest BCUT2D eigenvalue weighted by Gasteiger charge is -2.10. The number of hydrogen-bond donors (Lipinski definition) is 1. The fourth-order valence-corrected chi connectivity index (χ4v) is 2.68. The lowest BCUT2D eigenvalue weighted by Crippen LogP contribution is -2.21. The van der Waals surface area contributed by atoms with Crippen molar-refractivity contribution in [1.29, 1.82) is 5.26 Å². The molecule has 0 saturated carbocycles. The maximum absolute atomic E-state index is 12.0. The number of carbonyl (C=O) groups excluding carboxylic acids is 2. The third-order valence-corrected chi connectivity index (χ3v) is 4.45. The Hall–Kier alpha value is -2.27. The van der Waals surface area contributed by atoms with Gasteiger partial charge in [-0.25, -0.2) is 9.78 Å². The SMILES string of the molecule is N#CCSc1ccccc1NC(=O)COC(=O)c1cnc(Cl)c(Cl)c1. The van der Waals surface area contributed by atoms with Crippen LogP contribution in [0, 0.1) is 11.3 Å². The topological polar surface area (TPSA) is 92.1 Å². The molecule has 128 valence electrons. The van der Waals surface area contributed by atoms with E-state index in [1.54, 1.807) is 24.3 Å². The highest BCUT2D eigenvalue weighted by atomic mass is 35.5. The molecule has 0 spiro atoms. The number of amides is 1. The van der Waals surface area contributed by atoms with Crippen molar-refractivity contribution in [3.8, 4) is 6.07 Å². The van der Waals surface area contributed by atoms with E-state index >= 15 is 0 Å². The van der Waals surface area contributed by atoms with Gasteiger partial charge in [0, 0.05) is 11.1 Å². The van der Waals surface area contributed by atoms with E-state index in [-0.39, 0.29) is 21.5 Å². The van der Waals surface area contributed by atoms with E-state index in [0.717, 1.165) is 4.90 Å². The highest BCUT2D eigenvalue weighted by Gasteiger charge is 2.13. The normalized spacial score (nSPS) is 9.96. The third kappa shape index (κ3) is 5.64. The van der Waals surface area contributed by atoms with Crippen LogP contribution in [0.5, 0.6) is 0 Å². The number of anilines is 1. The molecule has 25 heavy (non-hydrogen) atoms. The number of aromatic nitrogens is 1. The van der Waals surface area contributed by atoms with Gasteiger partial charge in [0.15, 0.2) is 6.61 Å². The smallest absolute Gasteiger partial charge is 0.340 e. The first-order chi connectivity index (χ1) is 12.0. The van der Waals surface area contributed by atoms with Crippen molar-refractivity contribution in [3.05, 3.63) is 52.3 Å². The summed E-state index contributed by atoms with van der Waals surface area (Å²) in [5.41, 5.74) is 0.632. The Labute approximate surface area is 158 Å². The summed E-state index contributed by atoms with van der Waals surface area (Å²) in [6.45, 7) is -0.476. The van der Waals surface area contributed by atoms with Crippen LogP contribution in [0.3, 0.4) is 0 Å². The molecule has 0 saturated heterocycles. The Bertz CT molecular complexity index is 840. The Morgan fingerprint density at radius 3 is 2.80 bits per heavy atom. The van der Waals surface area contributed by atoms with Gasteiger partial charge in [-0.15, -0.1) is 11.8 Å². The number of ether oxygens (including phenoxy) is 1. The summed E-state index contributed by atoms with van der Waals surface area (Å²) < 4.78 is 4.93. The van der Waals surface area contributed by atoms with Gasteiger partial charge in [-0.1, -0.05) is 35.3 Å². The number of nitriles is 1. The minimum absolute atomic E-state index is 0.0717. The minimum atomic E-state index is -0.742. The van der Waals surface area contributed by atoms with E-state index in [2.05, 4.69) is 10.3 Å². The van der Waals surface area contributed by atoms with Crippen LogP contribution in [-0.2, 0) is 9.53 Å². The maximum atomic E-state index is 12.0. The molecule has 9 heteroatoms. The molecule has 0 aliphatic rings. The number of rotatable bonds is 6. The van der Waals surface area contributed by atoms with Gasteiger partial charge in [0.25, 0.3) is 5.91 Å². The van der Waals surface area contributed by atoms with Crippen LogP contribution in [0.1, 0.15) is 10.4 Å². The molecule has 1 amide bonds. The van der Waals surface area contributed by atoms with Crippen molar-refractivity contribution in [1.82, 2.24) is 4.98 Å². The Morgan fingerprint density at radius 1 is 1.32 bits per heavy atom. The number of esters is 1. The van der Waals surface area contributed by atoms with E-state index in [1.807, 2.05) is 6.07 Å². The van der Waals surface area contributed by atoms with Crippen LogP contribution >= 0.6 is 35.0 Å². The van der Waals surface area contributed by atoms with Crippen LogP contribution in [-0.4, -0.2) is 29.2 Å². The summed E-state index contributed by atoms with van der Waals surface area (Å²) in [4.78, 5) is 28.3. The monoisotopic (exact) mass is 395 g/mol. The molecule has 0 unspecified atom stereocenters. The molecule has 2 rings (SSSR count). The van der Waals surface area contributed by atoms with E-state index in [0.29, 0.717) is 5.69 Å². The molecule has 1 heterocycles. The van der Waals surface area contributed by atoms with E-state index < -0.39 is 18.5 Å². The molecule has 0 radical (unpaired) electrons. The number of thioether (sulfide) groups is 1. The van der Waals surface area contributed by atoms with Crippen LogP contribution in [0.2, 0.25) is 10.2 Å². The first-order valence-electron chi connectivity index (χ1n) is 6.88. The van der Waals surface area contributed by atoms with Gasteiger partial charge in [0.05, 0.1) is 28.1 Å². The molecule has 0 aliphatic heterocycles. The molecule has 1 aromatic carbocycles. The Morgan fingerprint density at radius 2 is 2.08 bits per heavy atom. The van der Waals surface area contributed by atoms with E-state index in [9.17, 15) is 9.59 Å². The van der Waals surface area contributed by atoms with Crippen LogP contribution in [0.25, 0.3) is 0 Å². The quantitative estimate of drug-likeness (QED) is 0.454. The second kappa shape index (κ2) is 9.28. The van der Waals surface area contributed by atoms with Gasteiger partial charge in [-0.3, -0.25) is 4.79 Å². The number of benzene rings is 1. The van der Waals surface area contributed by atoms with Gasteiger partial charge >= 0.3 is 5.97 Å². The summed E-state index contributed by atoms with van der Waals surface area (Å²) in [5.74, 6) is -0.994. The number of para-hydroxylation sites is 1. The maximum Gasteiger partial charge on any atom is 0.340 e. The fraction of sp³-hybridized carbons (Fsp3) is 0.125. The van der Waals surface area contributed by atoms with Crippen molar-refractivity contribution in [2.24, 2.45) is 0 Å². The average Bonchev–Trinajstić information content (AvgIpc) is 2.61. The number of nitrogens with one attached hydrogen (secondary N) is 1. The standard InChI is InChI=1S/C16H11Cl2N3O3S/c17-11-7-10(8-20-15(11)18)16(23)24-9-14(22)21-12-3-1-2-4-13(12)25-6-5-19/h1-4,7-8H,6,9H2,(H,21,22). The van der Waals surface area contributed by atoms with Crippen molar-refractivity contribution >= 4 is 52.5 Å². The van der Waals surface area contributed by atoms with Crippen LogP contribution < -0.4 is 5.32 Å². The largest absolute Gasteiger partial charge is 0.452 e. The van der Waals surface area contributed by atoms with Crippen molar-refractivity contribution in [2.45, 2.75) is 4.90 Å². The van der Waals surface area contributed by atoms with Gasteiger partial charge in [-0.05, 0) is 18.2 Å². The van der Waals surface area contributed by atoms with Gasteiger partial charge in [0.1, 0.15) is 5.15 Å². The predicted molar refractivity (Wildman–Crippen MR) is 95.9 cm³/mol. The molecular formula is C16H11Cl2N3O3S. The zero-order valence-corrected chi connectivity index (χ0v) is 15.0. The summed E-state index contributed by atoms with van der Waals surface area (Å²) in [6, 6.07) is 10.4. The molecule has 1 N–H and O–H groups in total. The Kier molecular flexibility index (Phi) is 7.07. The highest BCUT2D eigenvalue weighted by molar-refractivity contribution is 7.99. The molecular weight excluding hydrogens is 385 g/mol. The van der Waals surface area contributed by atoms with E-state index in [1.165, 1.54) is 24.0 Å². The minimum Gasteiger partial charge on any atom is -0.452 e. The van der Waals surface area contributed by atoms with Gasteiger partial charge in [0.2, 0.25) is 0 Å². The molecule has 0 fully saturated rings. The fourth-order valence-electron chi connectivity index (χ4n) is 1.74. The molecule has 0 bridgehead atoms. The van der Waals surface area contributed by atoms with Crippen molar-refractivity contribution in [2.75, 3.05) is 17.7 Å².